The van der Waals surface area contributed by atoms with Gasteiger partial charge >= 0.3 is 5.97 Å². The molecule has 66 valence electrons. The van der Waals surface area contributed by atoms with Gasteiger partial charge in [0.25, 0.3) is 0 Å². The highest BCUT2D eigenvalue weighted by atomic mass is 32.1. The Hall–Kier alpha value is -0.180. The Bertz CT molecular complexity index is 123. The van der Waals surface area contributed by atoms with E-state index in [0.717, 1.165) is 12.8 Å². The Kier molecular flexibility index (Phi) is 5.38. The fraction of sp³-hybridized carbons (Fsp3) is 0.875. The lowest BCUT2D eigenvalue weighted by Gasteiger charge is -2.08. The monoisotopic (exact) mass is 176 g/mol. The van der Waals surface area contributed by atoms with Crippen molar-refractivity contribution in [3.8, 4) is 0 Å². The van der Waals surface area contributed by atoms with Gasteiger partial charge < -0.3 is 5.11 Å². The molecule has 0 aliphatic rings. The fourth-order valence-corrected chi connectivity index (χ4v) is 1.13. The first kappa shape index (κ1) is 10.8. The van der Waals surface area contributed by atoms with Crippen LogP contribution in [-0.4, -0.2) is 16.3 Å². The minimum absolute atomic E-state index is 0.0231. The van der Waals surface area contributed by atoms with E-state index in [1.54, 1.807) is 0 Å². The SMILES string of the molecule is CC(C)CCC(S)CC(=O)O. The molecule has 0 aliphatic heterocycles. The molecule has 1 atom stereocenters. The second-order valence-corrected chi connectivity index (χ2v) is 3.95. The van der Waals surface area contributed by atoms with Crippen LogP contribution in [0.2, 0.25) is 0 Å². The standard InChI is InChI=1S/C8H16O2S/c1-6(2)3-4-7(11)5-8(9)10/h6-7,11H,3-5H2,1-2H3,(H,9,10). The Morgan fingerprint density at radius 2 is 2.00 bits per heavy atom. The fourth-order valence-electron chi connectivity index (χ4n) is 0.829. The van der Waals surface area contributed by atoms with Crippen molar-refractivity contribution in [3.63, 3.8) is 0 Å². The summed E-state index contributed by atoms with van der Waals surface area (Å²) in [6, 6.07) is 0. The maximum atomic E-state index is 10.2. The molecule has 0 radical (unpaired) electrons. The number of rotatable bonds is 5. The van der Waals surface area contributed by atoms with Crippen molar-refractivity contribution in [1.82, 2.24) is 0 Å². The van der Waals surface area contributed by atoms with E-state index in [2.05, 4.69) is 26.5 Å². The van der Waals surface area contributed by atoms with E-state index in [4.69, 9.17) is 5.11 Å². The van der Waals surface area contributed by atoms with E-state index in [1.807, 2.05) is 0 Å². The predicted octanol–water partition coefficient (Wildman–Crippen LogP) is 2.20. The highest BCUT2D eigenvalue weighted by molar-refractivity contribution is 7.81. The second kappa shape index (κ2) is 5.47. The van der Waals surface area contributed by atoms with Crippen LogP contribution in [0.5, 0.6) is 0 Å². The van der Waals surface area contributed by atoms with Crippen molar-refractivity contribution in [1.29, 1.82) is 0 Å². The number of thiol groups is 1. The van der Waals surface area contributed by atoms with Gasteiger partial charge in [0.15, 0.2) is 0 Å². The quantitative estimate of drug-likeness (QED) is 0.630. The molecule has 1 N–H and O–H groups in total. The van der Waals surface area contributed by atoms with Gasteiger partial charge in [-0.2, -0.15) is 12.6 Å². The van der Waals surface area contributed by atoms with E-state index >= 15 is 0 Å². The predicted molar refractivity (Wildman–Crippen MR) is 49.1 cm³/mol. The average Bonchev–Trinajstić information content (AvgIpc) is 1.82. The van der Waals surface area contributed by atoms with Crippen molar-refractivity contribution >= 4 is 18.6 Å². The Morgan fingerprint density at radius 1 is 1.45 bits per heavy atom. The van der Waals surface area contributed by atoms with E-state index in [-0.39, 0.29) is 11.7 Å². The summed E-state index contributed by atoms with van der Waals surface area (Å²) in [4.78, 5) is 10.2. The number of hydrogen-bond acceptors (Lipinski definition) is 2. The molecule has 0 amide bonds. The summed E-state index contributed by atoms with van der Waals surface area (Å²) in [7, 11) is 0. The molecule has 0 rings (SSSR count). The van der Waals surface area contributed by atoms with Gasteiger partial charge in [-0.3, -0.25) is 4.79 Å². The number of aliphatic carboxylic acids is 1. The summed E-state index contributed by atoms with van der Waals surface area (Å²) in [5, 5.41) is 8.42. The third-order valence-electron chi connectivity index (χ3n) is 1.49. The molecule has 2 nitrogen and oxygen atoms in total. The van der Waals surface area contributed by atoms with Crippen LogP contribution in [0.4, 0.5) is 0 Å². The lowest BCUT2D eigenvalue weighted by Crippen LogP contribution is -2.08. The third-order valence-corrected chi connectivity index (χ3v) is 1.93. The normalized spacial score (nSPS) is 13.5. The topological polar surface area (TPSA) is 37.3 Å². The summed E-state index contributed by atoms with van der Waals surface area (Å²) in [5.74, 6) is -0.118. The van der Waals surface area contributed by atoms with E-state index in [0.29, 0.717) is 5.92 Å². The summed E-state index contributed by atoms with van der Waals surface area (Å²) in [5.41, 5.74) is 0. The zero-order chi connectivity index (χ0) is 8.85. The maximum absolute atomic E-state index is 10.2. The van der Waals surface area contributed by atoms with Crippen molar-refractivity contribution in [2.75, 3.05) is 0 Å². The zero-order valence-corrected chi connectivity index (χ0v) is 7.97. The summed E-state index contributed by atoms with van der Waals surface area (Å²) < 4.78 is 0. The van der Waals surface area contributed by atoms with Crippen molar-refractivity contribution in [2.45, 2.75) is 38.4 Å². The van der Waals surface area contributed by atoms with Crippen molar-refractivity contribution < 1.29 is 9.90 Å². The molecule has 11 heavy (non-hydrogen) atoms. The minimum atomic E-state index is -0.756. The highest BCUT2D eigenvalue weighted by Crippen LogP contribution is 2.13. The summed E-state index contributed by atoms with van der Waals surface area (Å²) in [6.45, 7) is 4.25. The van der Waals surface area contributed by atoms with Crippen LogP contribution in [0.15, 0.2) is 0 Å². The maximum Gasteiger partial charge on any atom is 0.304 e. The number of carbonyl (C=O) groups is 1. The summed E-state index contributed by atoms with van der Waals surface area (Å²) >= 11 is 4.16. The van der Waals surface area contributed by atoms with E-state index in [1.165, 1.54) is 0 Å². The lowest BCUT2D eigenvalue weighted by atomic mass is 10.1. The number of hydrogen-bond donors (Lipinski definition) is 2. The molecule has 0 aromatic rings. The van der Waals surface area contributed by atoms with Gasteiger partial charge in [0, 0.05) is 5.25 Å². The molecule has 1 unspecified atom stereocenters. The van der Waals surface area contributed by atoms with Crippen LogP contribution in [0.1, 0.15) is 33.1 Å². The lowest BCUT2D eigenvalue weighted by molar-refractivity contribution is -0.137. The van der Waals surface area contributed by atoms with Gasteiger partial charge in [-0.15, -0.1) is 0 Å². The first-order valence-electron chi connectivity index (χ1n) is 3.92. The highest BCUT2D eigenvalue weighted by Gasteiger charge is 2.08. The molecule has 3 heteroatoms. The molecule has 0 aliphatic carbocycles. The van der Waals surface area contributed by atoms with Crippen LogP contribution in [-0.2, 0) is 4.79 Å². The van der Waals surface area contributed by atoms with Crippen LogP contribution in [0, 0.1) is 5.92 Å². The Balaban J connectivity index is 3.37. The summed E-state index contributed by atoms with van der Waals surface area (Å²) in [6.07, 6.45) is 2.13. The Morgan fingerprint density at radius 3 is 2.36 bits per heavy atom. The van der Waals surface area contributed by atoms with Crippen LogP contribution in [0.3, 0.4) is 0 Å². The number of carboxylic acids is 1. The first-order valence-corrected chi connectivity index (χ1v) is 4.44. The van der Waals surface area contributed by atoms with Crippen LogP contribution >= 0.6 is 12.6 Å². The van der Waals surface area contributed by atoms with Gasteiger partial charge in [-0.1, -0.05) is 13.8 Å². The van der Waals surface area contributed by atoms with Gasteiger partial charge in [0.05, 0.1) is 6.42 Å². The average molecular weight is 176 g/mol. The van der Waals surface area contributed by atoms with Crippen LogP contribution < -0.4 is 0 Å². The molecule has 0 aromatic carbocycles. The smallest absolute Gasteiger partial charge is 0.304 e. The largest absolute Gasteiger partial charge is 0.481 e. The minimum Gasteiger partial charge on any atom is -0.481 e. The first-order chi connectivity index (χ1) is 5.02. The molecular weight excluding hydrogens is 160 g/mol. The molecule has 0 saturated heterocycles. The zero-order valence-electron chi connectivity index (χ0n) is 7.08. The number of carboxylic acid groups (broad SMARTS) is 1. The Labute approximate surface area is 73.4 Å². The molecule has 0 saturated carbocycles. The molecule has 0 fully saturated rings. The van der Waals surface area contributed by atoms with Gasteiger partial charge in [-0.25, -0.2) is 0 Å². The van der Waals surface area contributed by atoms with E-state index < -0.39 is 5.97 Å². The molecule has 0 heterocycles. The van der Waals surface area contributed by atoms with Gasteiger partial charge in [-0.05, 0) is 18.8 Å². The van der Waals surface area contributed by atoms with Crippen molar-refractivity contribution in [3.05, 3.63) is 0 Å². The van der Waals surface area contributed by atoms with Crippen LogP contribution in [0.25, 0.3) is 0 Å². The van der Waals surface area contributed by atoms with Gasteiger partial charge in [0.1, 0.15) is 0 Å². The van der Waals surface area contributed by atoms with E-state index in [9.17, 15) is 4.79 Å². The molecular formula is C8H16O2S. The van der Waals surface area contributed by atoms with Crippen molar-refractivity contribution in [2.24, 2.45) is 5.92 Å². The molecule has 0 bridgehead atoms. The molecule has 0 spiro atoms. The van der Waals surface area contributed by atoms with Gasteiger partial charge in [0.2, 0.25) is 0 Å². The molecule has 0 aromatic heterocycles. The third kappa shape index (κ3) is 7.72. The second-order valence-electron chi connectivity index (χ2n) is 3.22.